The van der Waals surface area contributed by atoms with Crippen molar-refractivity contribution in [1.29, 1.82) is 0 Å². The molecule has 0 aromatic carbocycles. The van der Waals surface area contributed by atoms with Gasteiger partial charge < -0.3 is 10.6 Å². The summed E-state index contributed by atoms with van der Waals surface area (Å²) in [5.41, 5.74) is 0. The highest BCUT2D eigenvalue weighted by atomic mass is 32.2. The molecule has 1 rings (SSSR count). The molecule has 14 heavy (non-hydrogen) atoms. The third-order valence-corrected chi connectivity index (χ3v) is 4.00. The van der Waals surface area contributed by atoms with Crippen molar-refractivity contribution in [2.45, 2.75) is 37.9 Å². The van der Waals surface area contributed by atoms with Crippen molar-refractivity contribution in [3.8, 4) is 0 Å². The maximum atomic E-state index is 11.3. The molecule has 3 nitrogen and oxygen atoms in total. The SMILES string of the molecule is CCCNC(=O)NCC1(C)CCCS1. The second kappa shape index (κ2) is 5.49. The predicted molar refractivity (Wildman–Crippen MR) is 61.8 cm³/mol. The smallest absolute Gasteiger partial charge is 0.314 e. The third-order valence-electron chi connectivity index (χ3n) is 2.46. The number of urea groups is 1. The topological polar surface area (TPSA) is 41.1 Å². The normalized spacial score (nSPS) is 26.1. The van der Waals surface area contributed by atoms with E-state index in [-0.39, 0.29) is 10.8 Å². The minimum absolute atomic E-state index is 0.0272. The van der Waals surface area contributed by atoms with E-state index in [1.54, 1.807) is 0 Å². The van der Waals surface area contributed by atoms with Gasteiger partial charge in [-0.25, -0.2) is 4.79 Å². The number of carbonyl (C=O) groups is 1. The standard InChI is InChI=1S/C10H20N2OS/c1-3-6-11-9(13)12-8-10(2)5-4-7-14-10/h3-8H2,1-2H3,(H2,11,12,13). The minimum Gasteiger partial charge on any atom is -0.338 e. The van der Waals surface area contributed by atoms with Crippen LogP contribution in [0.4, 0.5) is 4.79 Å². The lowest BCUT2D eigenvalue weighted by Gasteiger charge is -2.22. The van der Waals surface area contributed by atoms with Crippen molar-refractivity contribution in [2.75, 3.05) is 18.8 Å². The molecule has 0 spiro atoms. The largest absolute Gasteiger partial charge is 0.338 e. The molecule has 0 aliphatic carbocycles. The van der Waals surface area contributed by atoms with Gasteiger partial charge in [-0.05, 0) is 31.9 Å². The molecule has 0 bridgehead atoms. The van der Waals surface area contributed by atoms with E-state index < -0.39 is 0 Å². The van der Waals surface area contributed by atoms with Crippen molar-refractivity contribution in [3.05, 3.63) is 0 Å². The Labute approximate surface area is 90.4 Å². The number of hydrogen-bond acceptors (Lipinski definition) is 2. The second-order valence-corrected chi connectivity index (χ2v) is 5.69. The summed E-state index contributed by atoms with van der Waals surface area (Å²) >= 11 is 1.97. The Hall–Kier alpha value is -0.380. The minimum atomic E-state index is -0.0272. The van der Waals surface area contributed by atoms with Crippen LogP contribution in [0.25, 0.3) is 0 Å². The van der Waals surface area contributed by atoms with Crippen LogP contribution in [0.2, 0.25) is 0 Å². The first-order valence-electron chi connectivity index (χ1n) is 5.32. The molecule has 0 radical (unpaired) electrons. The van der Waals surface area contributed by atoms with Crippen LogP contribution in [0.15, 0.2) is 0 Å². The zero-order valence-electron chi connectivity index (χ0n) is 9.06. The Morgan fingerprint density at radius 1 is 1.50 bits per heavy atom. The van der Waals surface area contributed by atoms with Crippen molar-refractivity contribution in [2.24, 2.45) is 0 Å². The number of rotatable bonds is 4. The molecular formula is C10H20N2OS. The fraction of sp³-hybridized carbons (Fsp3) is 0.900. The average molecular weight is 216 g/mol. The lowest BCUT2D eigenvalue weighted by atomic mass is 10.1. The Morgan fingerprint density at radius 3 is 2.86 bits per heavy atom. The van der Waals surface area contributed by atoms with E-state index in [0.29, 0.717) is 0 Å². The van der Waals surface area contributed by atoms with Gasteiger partial charge in [-0.1, -0.05) is 6.92 Å². The number of amides is 2. The molecule has 1 aliphatic heterocycles. The highest BCUT2D eigenvalue weighted by Crippen LogP contribution is 2.36. The van der Waals surface area contributed by atoms with E-state index in [1.807, 2.05) is 11.8 Å². The van der Waals surface area contributed by atoms with Gasteiger partial charge in [0.1, 0.15) is 0 Å². The van der Waals surface area contributed by atoms with E-state index >= 15 is 0 Å². The molecule has 1 aliphatic rings. The summed E-state index contributed by atoms with van der Waals surface area (Å²) in [6.45, 7) is 5.82. The highest BCUT2D eigenvalue weighted by molar-refractivity contribution is 8.00. The maximum Gasteiger partial charge on any atom is 0.314 e. The highest BCUT2D eigenvalue weighted by Gasteiger charge is 2.29. The Kier molecular flexibility index (Phi) is 4.58. The summed E-state index contributed by atoms with van der Waals surface area (Å²) < 4.78 is 0.267. The van der Waals surface area contributed by atoms with Gasteiger partial charge in [0.15, 0.2) is 0 Å². The molecular weight excluding hydrogens is 196 g/mol. The predicted octanol–water partition coefficient (Wildman–Crippen LogP) is 1.98. The van der Waals surface area contributed by atoms with Crippen LogP contribution in [0.5, 0.6) is 0 Å². The first-order chi connectivity index (χ1) is 6.66. The van der Waals surface area contributed by atoms with Crippen molar-refractivity contribution < 1.29 is 4.79 Å². The summed E-state index contributed by atoms with van der Waals surface area (Å²) in [5.74, 6) is 1.23. The Balaban J connectivity index is 2.15. The molecule has 1 unspecified atom stereocenters. The Bertz CT molecular complexity index is 191. The summed E-state index contributed by atoms with van der Waals surface area (Å²) in [6.07, 6.45) is 3.48. The van der Waals surface area contributed by atoms with Gasteiger partial charge in [0.25, 0.3) is 0 Å². The molecule has 1 atom stereocenters. The molecule has 0 aromatic heterocycles. The van der Waals surface area contributed by atoms with Gasteiger partial charge in [0, 0.05) is 17.8 Å². The Morgan fingerprint density at radius 2 is 2.29 bits per heavy atom. The zero-order chi connectivity index (χ0) is 10.4. The molecule has 2 amide bonds. The van der Waals surface area contributed by atoms with Crippen LogP contribution < -0.4 is 10.6 Å². The first kappa shape index (κ1) is 11.7. The molecule has 1 saturated heterocycles. The lowest BCUT2D eigenvalue weighted by molar-refractivity contribution is 0.240. The number of carbonyl (C=O) groups excluding carboxylic acids is 1. The van der Waals surface area contributed by atoms with Crippen LogP contribution in [-0.4, -0.2) is 29.6 Å². The molecule has 4 heteroatoms. The number of hydrogen-bond donors (Lipinski definition) is 2. The quantitative estimate of drug-likeness (QED) is 0.754. The third kappa shape index (κ3) is 3.78. The van der Waals surface area contributed by atoms with Crippen molar-refractivity contribution in [1.82, 2.24) is 10.6 Å². The first-order valence-corrected chi connectivity index (χ1v) is 6.30. The van der Waals surface area contributed by atoms with E-state index in [2.05, 4.69) is 24.5 Å². The summed E-state index contributed by atoms with van der Waals surface area (Å²) in [5, 5.41) is 5.74. The molecule has 2 N–H and O–H groups in total. The van der Waals surface area contributed by atoms with Gasteiger partial charge in [-0.3, -0.25) is 0 Å². The van der Waals surface area contributed by atoms with E-state index in [0.717, 1.165) is 19.5 Å². The molecule has 0 aromatic rings. The van der Waals surface area contributed by atoms with Crippen LogP contribution in [0.3, 0.4) is 0 Å². The fourth-order valence-corrected chi connectivity index (χ4v) is 2.79. The molecule has 1 heterocycles. The van der Waals surface area contributed by atoms with Gasteiger partial charge in [-0.15, -0.1) is 0 Å². The molecule has 0 saturated carbocycles. The van der Waals surface area contributed by atoms with Gasteiger partial charge >= 0.3 is 6.03 Å². The summed E-state index contributed by atoms with van der Waals surface area (Å²) in [4.78, 5) is 11.3. The van der Waals surface area contributed by atoms with Crippen LogP contribution in [-0.2, 0) is 0 Å². The summed E-state index contributed by atoms with van der Waals surface area (Å²) in [7, 11) is 0. The van der Waals surface area contributed by atoms with Crippen LogP contribution in [0, 0.1) is 0 Å². The van der Waals surface area contributed by atoms with E-state index in [4.69, 9.17) is 0 Å². The number of nitrogens with one attached hydrogen (secondary N) is 2. The lowest BCUT2D eigenvalue weighted by Crippen LogP contribution is -2.42. The van der Waals surface area contributed by atoms with Crippen molar-refractivity contribution >= 4 is 17.8 Å². The monoisotopic (exact) mass is 216 g/mol. The van der Waals surface area contributed by atoms with E-state index in [1.165, 1.54) is 18.6 Å². The van der Waals surface area contributed by atoms with Gasteiger partial charge in [-0.2, -0.15) is 11.8 Å². The zero-order valence-corrected chi connectivity index (χ0v) is 9.88. The average Bonchev–Trinajstić information content (AvgIpc) is 2.60. The second-order valence-electron chi connectivity index (χ2n) is 4.01. The fourth-order valence-electron chi connectivity index (χ4n) is 1.54. The molecule has 82 valence electrons. The van der Waals surface area contributed by atoms with Crippen LogP contribution in [0.1, 0.15) is 33.1 Å². The van der Waals surface area contributed by atoms with E-state index in [9.17, 15) is 4.79 Å². The van der Waals surface area contributed by atoms with Crippen molar-refractivity contribution in [3.63, 3.8) is 0 Å². The summed E-state index contributed by atoms with van der Waals surface area (Å²) in [6, 6.07) is -0.0272. The molecule has 1 fully saturated rings. The maximum absolute atomic E-state index is 11.3. The number of thioether (sulfide) groups is 1. The van der Waals surface area contributed by atoms with Gasteiger partial charge in [0.2, 0.25) is 0 Å². The van der Waals surface area contributed by atoms with Gasteiger partial charge in [0.05, 0.1) is 0 Å². The van der Waals surface area contributed by atoms with Crippen LogP contribution >= 0.6 is 11.8 Å².